The standard InChI is InChI=1S/C15H20N6O3/c1-19-7-5-11(18-19)14(23)16-10-4-3-6-21(9-10)12-8-13(22)20(2)15(24)17-12/h5,7-8,10H,3-4,6,9H2,1-2H3,(H,16,23)(H,17,24). The summed E-state index contributed by atoms with van der Waals surface area (Å²) in [6, 6.07) is 3.00. The Bertz CT molecular complexity index is 833. The average molecular weight is 332 g/mol. The second-order valence-corrected chi connectivity index (χ2v) is 5.99. The molecule has 2 aromatic rings. The van der Waals surface area contributed by atoms with Gasteiger partial charge in [-0.05, 0) is 18.9 Å². The number of amides is 1. The molecule has 1 amide bonds. The van der Waals surface area contributed by atoms with Gasteiger partial charge >= 0.3 is 5.69 Å². The van der Waals surface area contributed by atoms with E-state index < -0.39 is 5.69 Å². The predicted molar refractivity (Wildman–Crippen MR) is 88.2 cm³/mol. The van der Waals surface area contributed by atoms with Crippen molar-refractivity contribution in [1.29, 1.82) is 0 Å². The van der Waals surface area contributed by atoms with E-state index in [1.165, 1.54) is 13.1 Å². The summed E-state index contributed by atoms with van der Waals surface area (Å²) in [5.41, 5.74) is -0.429. The summed E-state index contributed by atoms with van der Waals surface area (Å²) in [5, 5.41) is 7.04. The minimum atomic E-state index is -0.447. The molecule has 0 spiro atoms. The van der Waals surface area contributed by atoms with Crippen molar-refractivity contribution in [1.82, 2.24) is 24.6 Å². The fraction of sp³-hybridized carbons (Fsp3) is 0.467. The van der Waals surface area contributed by atoms with Crippen LogP contribution in [0.5, 0.6) is 0 Å². The van der Waals surface area contributed by atoms with Crippen molar-refractivity contribution in [3.63, 3.8) is 0 Å². The fourth-order valence-corrected chi connectivity index (χ4v) is 2.82. The number of aromatic amines is 1. The maximum Gasteiger partial charge on any atom is 0.329 e. The van der Waals surface area contributed by atoms with Crippen LogP contribution < -0.4 is 21.5 Å². The Hall–Kier alpha value is -2.84. The number of hydrogen-bond acceptors (Lipinski definition) is 5. The normalized spacial score (nSPS) is 17.8. The van der Waals surface area contributed by atoms with E-state index >= 15 is 0 Å². The molecule has 128 valence electrons. The number of anilines is 1. The fourth-order valence-electron chi connectivity index (χ4n) is 2.82. The zero-order valence-corrected chi connectivity index (χ0v) is 13.7. The van der Waals surface area contributed by atoms with Gasteiger partial charge in [0.25, 0.3) is 11.5 Å². The van der Waals surface area contributed by atoms with Crippen LogP contribution in [-0.2, 0) is 14.1 Å². The van der Waals surface area contributed by atoms with E-state index in [9.17, 15) is 14.4 Å². The van der Waals surface area contributed by atoms with Crippen LogP contribution in [-0.4, -0.2) is 44.4 Å². The molecule has 1 aliphatic heterocycles. The van der Waals surface area contributed by atoms with Crippen LogP contribution >= 0.6 is 0 Å². The van der Waals surface area contributed by atoms with Crippen LogP contribution in [0.3, 0.4) is 0 Å². The minimum Gasteiger partial charge on any atom is -0.356 e. The van der Waals surface area contributed by atoms with Gasteiger partial charge in [0.1, 0.15) is 11.5 Å². The van der Waals surface area contributed by atoms with Gasteiger partial charge in [0.15, 0.2) is 0 Å². The van der Waals surface area contributed by atoms with Gasteiger partial charge < -0.3 is 10.2 Å². The highest BCUT2D eigenvalue weighted by atomic mass is 16.2. The molecule has 1 fully saturated rings. The quantitative estimate of drug-likeness (QED) is 0.766. The highest BCUT2D eigenvalue weighted by Gasteiger charge is 2.23. The number of carbonyl (C=O) groups is 1. The Morgan fingerprint density at radius 3 is 2.83 bits per heavy atom. The first-order valence-corrected chi connectivity index (χ1v) is 7.80. The van der Waals surface area contributed by atoms with Crippen molar-refractivity contribution in [3.05, 3.63) is 44.9 Å². The first kappa shape index (κ1) is 16.0. The molecule has 24 heavy (non-hydrogen) atoms. The number of hydrogen-bond donors (Lipinski definition) is 2. The van der Waals surface area contributed by atoms with Crippen molar-refractivity contribution in [2.45, 2.75) is 18.9 Å². The Labute approximate surface area is 137 Å². The number of piperidine rings is 1. The summed E-state index contributed by atoms with van der Waals surface area (Å²) in [5.74, 6) is 0.264. The first-order chi connectivity index (χ1) is 11.4. The van der Waals surface area contributed by atoms with Crippen molar-refractivity contribution < 1.29 is 4.79 Å². The van der Waals surface area contributed by atoms with Crippen molar-refractivity contribution in [2.24, 2.45) is 14.1 Å². The van der Waals surface area contributed by atoms with Gasteiger partial charge in [-0.3, -0.25) is 23.8 Å². The molecule has 1 aliphatic rings. The van der Waals surface area contributed by atoms with Crippen LogP contribution in [0.2, 0.25) is 0 Å². The minimum absolute atomic E-state index is 0.0687. The topological polar surface area (TPSA) is 105 Å². The maximum absolute atomic E-state index is 12.2. The second kappa shape index (κ2) is 6.34. The lowest BCUT2D eigenvalue weighted by Gasteiger charge is -2.34. The molecule has 1 unspecified atom stereocenters. The average Bonchev–Trinajstić information content (AvgIpc) is 2.99. The second-order valence-electron chi connectivity index (χ2n) is 5.99. The number of rotatable bonds is 3. The number of nitrogens with zero attached hydrogens (tertiary/aromatic N) is 4. The molecule has 3 rings (SSSR count). The third kappa shape index (κ3) is 3.24. The Balaban J connectivity index is 1.71. The lowest BCUT2D eigenvalue weighted by atomic mass is 10.1. The summed E-state index contributed by atoms with van der Waals surface area (Å²) >= 11 is 0. The number of carbonyl (C=O) groups excluding carboxylic acids is 1. The van der Waals surface area contributed by atoms with Gasteiger partial charge in [0.05, 0.1) is 0 Å². The van der Waals surface area contributed by atoms with Crippen molar-refractivity contribution in [2.75, 3.05) is 18.0 Å². The monoisotopic (exact) mass is 332 g/mol. The summed E-state index contributed by atoms with van der Waals surface area (Å²) in [4.78, 5) is 40.4. The molecule has 9 nitrogen and oxygen atoms in total. The van der Waals surface area contributed by atoms with E-state index in [4.69, 9.17) is 0 Å². The predicted octanol–water partition coefficient (Wildman–Crippen LogP) is -0.794. The molecule has 2 aromatic heterocycles. The van der Waals surface area contributed by atoms with E-state index in [0.717, 1.165) is 24.0 Å². The molecule has 0 aliphatic carbocycles. The van der Waals surface area contributed by atoms with Gasteiger partial charge in [0.2, 0.25) is 0 Å². The number of aromatic nitrogens is 4. The molecule has 3 heterocycles. The maximum atomic E-state index is 12.2. The van der Waals surface area contributed by atoms with Crippen LogP contribution in [0.25, 0.3) is 0 Å². The summed E-state index contributed by atoms with van der Waals surface area (Å²) in [7, 11) is 3.18. The summed E-state index contributed by atoms with van der Waals surface area (Å²) in [6.07, 6.45) is 3.40. The Morgan fingerprint density at radius 1 is 1.38 bits per heavy atom. The van der Waals surface area contributed by atoms with Gasteiger partial charge in [-0.25, -0.2) is 4.79 Å². The highest BCUT2D eigenvalue weighted by Crippen LogP contribution is 2.16. The number of H-pyrrole nitrogens is 1. The highest BCUT2D eigenvalue weighted by molar-refractivity contribution is 5.92. The van der Waals surface area contributed by atoms with Gasteiger partial charge in [-0.15, -0.1) is 0 Å². The molecule has 0 radical (unpaired) electrons. The van der Waals surface area contributed by atoms with E-state index in [1.807, 2.05) is 4.90 Å². The number of nitrogens with one attached hydrogen (secondary N) is 2. The Morgan fingerprint density at radius 2 is 2.17 bits per heavy atom. The first-order valence-electron chi connectivity index (χ1n) is 7.80. The summed E-state index contributed by atoms with van der Waals surface area (Å²) in [6.45, 7) is 1.25. The third-order valence-electron chi connectivity index (χ3n) is 4.17. The lowest BCUT2D eigenvalue weighted by Crippen LogP contribution is -2.49. The van der Waals surface area contributed by atoms with E-state index in [2.05, 4.69) is 15.4 Å². The zero-order valence-electron chi connectivity index (χ0n) is 13.7. The third-order valence-corrected chi connectivity index (χ3v) is 4.17. The van der Waals surface area contributed by atoms with Crippen LogP contribution in [0, 0.1) is 0 Å². The van der Waals surface area contributed by atoms with Gasteiger partial charge in [-0.1, -0.05) is 0 Å². The van der Waals surface area contributed by atoms with E-state index in [0.29, 0.717) is 18.1 Å². The van der Waals surface area contributed by atoms with Crippen LogP contribution in [0.4, 0.5) is 5.82 Å². The molecular weight excluding hydrogens is 312 g/mol. The largest absolute Gasteiger partial charge is 0.356 e. The van der Waals surface area contributed by atoms with Crippen LogP contribution in [0.1, 0.15) is 23.3 Å². The smallest absolute Gasteiger partial charge is 0.329 e. The van der Waals surface area contributed by atoms with Gasteiger partial charge in [0, 0.05) is 45.5 Å². The molecule has 1 atom stereocenters. The molecule has 1 saturated heterocycles. The molecule has 2 N–H and O–H groups in total. The summed E-state index contributed by atoms with van der Waals surface area (Å²) < 4.78 is 2.60. The van der Waals surface area contributed by atoms with Crippen molar-refractivity contribution in [3.8, 4) is 0 Å². The molecule has 9 heteroatoms. The van der Waals surface area contributed by atoms with Crippen LogP contribution in [0.15, 0.2) is 27.9 Å². The molecule has 0 bridgehead atoms. The Kier molecular flexibility index (Phi) is 4.24. The van der Waals surface area contributed by atoms with E-state index in [1.54, 1.807) is 24.0 Å². The molecule has 0 saturated carbocycles. The lowest BCUT2D eigenvalue weighted by molar-refractivity contribution is 0.0927. The SMILES string of the molecule is Cn1ccc(C(=O)NC2CCCN(c3cc(=O)n(C)c(=O)[nH]3)C2)n1. The van der Waals surface area contributed by atoms with Gasteiger partial charge in [-0.2, -0.15) is 5.10 Å². The molecular formula is C15H20N6O3. The zero-order chi connectivity index (χ0) is 17.3. The number of aryl methyl sites for hydroxylation is 1. The van der Waals surface area contributed by atoms with E-state index in [-0.39, 0.29) is 17.5 Å². The molecule has 0 aromatic carbocycles. The van der Waals surface area contributed by atoms with Crippen molar-refractivity contribution >= 4 is 11.7 Å².